The molecule has 3 aromatic rings. The minimum absolute atomic E-state index is 0.140. The maximum atomic E-state index is 13.2. The number of hydrogen-bond donors (Lipinski definition) is 1. The van der Waals surface area contributed by atoms with Gasteiger partial charge in [-0.05, 0) is 65.4 Å². The molecule has 2 aromatic carbocycles. The fraction of sp³-hybridized carbons (Fsp3) is 0.350. The molecule has 8 heteroatoms. The highest BCUT2D eigenvalue weighted by molar-refractivity contribution is 9.10. The zero-order valence-electron chi connectivity index (χ0n) is 16.0. The van der Waals surface area contributed by atoms with Crippen LogP contribution in [0.2, 0.25) is 0 Å². The summed E-state index contributed by atoms with van der Waals surface area (Å²) in [6, 6.07) is 9.22. The summed E-state index contributed by atoms with van der Waals surface area (Å²) in [7, 11) is -0.467. The molecule has 1 atom stereocenters. The van der Waals surface area contributed by atoms with Gasteiger partial charge in [-0.15, -0.1) is 0 Å². The number of aromatic nitrogens is 2. The Bertz CT molecular complexity index is 1260. The molecule has 0 bridgehead atoms. The first-order valence-electron chi connectivity index (χ1n) is 9.16. The van der Waals surface area contributed by atoms with Crippen molar-refractivity contribution in [3.05, 3.63) is 62.0 Å². The maximum absolute atomic E-state index is 13.2. The molecule has 1 N–H and O–H groups in total. The number of nitrogens with one attached hydrogen (secondary N) is 1. The van der Waals surface area contributed by atoms with Crippen LogP contribution >= 0.6 is 15.9 Å². The second-order valence-electron chi connectivity index (χ2n) is 7.44. The van der Waals surface area contributed by atoms with Crippen LogP contribution in [0.3, 0.4) is 0 Å². The van der Waals surface area contributed by atoms with Crippen molar-refractivity contribution in [3.63, 3.8) is 0 Å². The normalized spacial score (nSPS) is 17.1. The first-order chi connectivity index (χ1) is 13.2. The molecule has 0 aliphatic heterocycles. The number of fused-ring (bicyclic) bond motifs is 2. The second-order valence-corrected chi connectivity index (χ2v) is 9.98. The van der Waals surface area contributed by atoms with Crippen LogP contribution in [0.4, 0.5) is 0 Å². The van der Waals surface area contributed by atoms with Gasteiger partial charge in [-0.1, -0.05) is 23.8 Å². The van der Waals surface area contributed by atoms with Gasteiger partial charge in [0.1, 0.15) is 0 Å². The van der Waals surface area contributed by atoms with Gasteiger partial charge in [0, 0.05) is 24.6 Å². The average Bonchev–Trinajstić information content (AvgIpc) is 2.85. The number of sulfonamides is 1. The molecular formula is C20H22BrN3O3S. The van der Waals surface area contributed by atoms with Gasteiger partial charge in [-0.3, -0.25) is 9.13 Å². The van der Waals surface area contributed by atoms with E-state index >= 15 is 0 Å². The fourth-order valence-corrected chi connectivity index (χ4v) is 6.30. The SMILES string of the molecule is Cc1ccc2c(c1)[C@H](NS(=O)(=O)c1cc3c(cc1Br)n(C)c(=O)n3C)CCC2. The van der Waals surface area contributed by atoms with Crippen LogP contribution in [0.25, 0.3) is 11.0 Å². The van der Waals surface area contributed by atoms with E-state index in [1.807, 2.05) is 6.92 Å². The lowest BCUT2D eigenvalue weighted by molar-refractivity contribution is 0.507. The highest BCUT2D eigenvalue weighted by Crippen LogP contribution is 2.33. The van der Waals surface area contributed by atoms with Crippen LogP contribution < -0.4 is 10.4 Å². The minimum Gasteiger partial charge on any atom is -0.295 e. The third-order valence-corrected chi connectivity index (χ3v) is 7.96. The van der Waals surface area contributed by atoms with Gasteiger partial charge in [-0.25, -0.2) is 17.9 Å². The van der Waals surface area contributed by atoms with Crippen LogP contribution in [0.15, 0.2) is 44.5 Å². The molecule has 1 heterocycles. The number of halogens is 1. The molecule has 0 unspecified atom stereocenters. The lowest BCUT2D eigenvalue weighted by Crippen LogP contribution is -2.31. The molecule has 0 saturated heterocycles. The third-order valence-electron chi connectivity index (χ3n) is 5.53. The van der Waals surface area contributed by atoms with E-state index in [1.54, 1.807) is 26.2 Å². The van der Waals surface area contributed by atoms with Gasteiger partial charge in [-0.2, -0.15) is 0 Å². The summed E-state index contributed by atoms with van der Waals surface area (Å²) in [4.78, 5) is 12.3. The summed E-state index contributed by atoms with van der Waals surface area (Å²) in [5, 5.41) is 0. The Morgan fingerprint density at radius 1 is 1.11 bits per heavy atom. The van der Waals surface area contributed by atoms with Gasteiger partial charge in [0.15, 0.2) is 0 Å². The molecule has 0 amide bonds. The molecule has 1 aromatic heterocycles. The number of rotatable bonds is 3. The number of imidazole rings is 1. The van der Waals surface area contributed by atoms with Crippen LogP contribution in [-0.2, 0) is 30.5 Å². The van der Waals surface area contributed by atoms with E-state index in [1.165, 1.54) is 14.7 Å². The van der Waals surface area contributed by atoms with Crippen molar-refractivity contribution in [1.29, 1.82) is 0 Å². The van der Waals surface area contributed by atoms with Crippen molar-refractivity contribution in [2.24, 2.45) is 14.1 Å². The van der Waals surface area contributed by atoms with Crippen LogP contribution in [0.1, 0.15) is 35.6 Å². The molecule has 0 radical (unpaired) electrons. The zero-order chi connectivity index (χ0) is 20.2. The van der Waals surface area contributed by atoms with Crippen molar-refractivity contribution < 1.29 is 8.42 Å². The molecule has 0 saturated carbocycles. The fourth-order valence-electron chi connectivity index (χ4n) is 4.00. The Labute approximate surface area is 172 Å². The summed E-state index contributed by atoms with van der Waals surface area (Å²) in [6.07, 6.45) is 2.67. The van der Waals surface area contributed by atoms with Crippen molar-refractivity contribution in [3.8, 4) is 0 Å². The van der Waals surface area contributed by atoms with Crippen molar-refractivity contribution >= 4 is 37.0 Å². The highest BCUT2D eigenvalue weighted by atomic mass is 79.9. The standard InChI is InChI=1S/C20H22BrN3O3S/c1-12-7-8-13-5-4-6-16(14(13)9-12)22-28(26,27)19-11-18-17(10-15(19)21)23(2)20(25)24(18)3/h7-11,16,22H,4-6H2,1-3H3/t16-/m1/s1. The van der Waals surface area contributed by atoms with Crippen LogP contribution in [0.5, 0.6) is 0 Å². The quantitative estimate of drug-likeness (QED) is 0.647. The number of aryl methyl sites for hydroxylation is 4. The van der Waals surface area contributed by atoms with Crippen LogP contribution in [-0.4, -0.2) is 17.6 Å². The van der Waals surface area contributed by atoms with Crippen molar-refractivity contribution in [1.82, 2.24) is 13.9 Å². The maximum Gasteiger partial charge on any atom is 0.328 e. The Morgan fingerprint density at radius 3 is 2.50 bits per heavy atom. The predicted octanol–water partition coefficient (Wildman–Crippen LogP) is 3.30. The Balaban J connectivity index is 1.78. The van der Waals surface area contributed by atoms with Gasteiger partial charge in [0.25, 0.3) is 0 Å². The molecule has 6 nitrogen and oxygen atoms in total. The molecule has 1 aliphatic rings. The van der Waals surface area contributed by atoms with E-state index in [4.69, 9.17) is 0 Å². The van der Waals surface area contributed by atoms with E-state index in [-0.39, 0.29) is 16.6 Å². The first-order valence-corrected chi connectivity index (χ1v) is 11.4. The largest absolute Gasteiger partial charge is 0.328 e. The Kier molecular flexibility index (Phi) is 4.76. The first kappa shape index (κ1) is 19.4. The summed E-state index contributed by atoms with van der Waals surface area (Å²) in [5.41, 5.74) is 4.43. The van der Waals surface area contributed by atoms with Crippen LogP contribution in [0, 0.1) is 6.92 Å². The summed E-state index contributed by atoms with van der Waals surface area (Å²) < 4.78 is 32.7. The van der Waals surface area contributed by atoms with Gasteiger partial charge < -0.3 is 0 Å². The number of benzene rings is 2. The molecule has 0 spiro atoms. The van der Waals surface area contributed by atoms with Gasteiger partial charge >= 0.3 is 5.69 Å². The second kappa shape index (κ2) is 6.86. The summed E-state index contributed by atoms with van der Waals surface area (Å²) in [6.45, 7) is 2.01. The molecule has 0 fully saturated rings. The molecule has 28 heavy (non-hydrogen) atoms. The topological polar surface area (TPSA) is 73.1 Å². The molecular weight excluding hydrogens is 442 g/mol. The predicted molar refractivity (Wildman–Crippen MR) is 113 cm³/mol. The molecule has 4 rings (SSSR count). The summed E-state index contributed by atoms with van der Waals surface area (Å²) >= 11 is 3.39. The highest BCUT2D eigenvalue weighted by Gasteiger charge is 2.28. The third kappa shape index (κ3) is 3.13. The van der Waals surface area contributed by atoms with E-state index in [9.17, 15) is 13.2 Å². The summed E-state index contributed by atoms with van der Waals surface area (Å²) in [5.74, 6) is 0. The van der Waals surface area contributed by atoms with Gasteiger partial charge in [0.2, 0.25) is 10.0 Å². The lowest BCUT2D eigenvalue weighted by Gasteiger charge is -2.27. The minimum atomic E-state index is -3.78. The Morgan fingerprint density at radius 2 is 1.79 bits per heavy atom. The van der Waals surface area contributed by atoms with E-state index in [0.29, 0.717) is 15.5 Å². The molecule has 1 aliphatic carbocycles. The van der Waals surface area contributed by atoms with Crippen molar-refractivity contribution in [2.45, 2.75) is 37.1 Å². The van der Waals surface area contributed by atoms with Crippen molar-refractivity contribution in [2.75, 3.05) is 0 Å². The smallest absolute Gasteiger partial charge is 0.295 e. The Hall–Kier alpha value is -1.90. The zero-order valence-corrected chi connectivity index (χ0v) is 18.4. The average molecular weight is 464 g/mol. The number of nitrogens with zero attached hydrogens (tertiary/aromatic N) is 2. The molecule has 148 valence electrons. The van der Waals surface area contributed by atoms with Gasteiger partial charge in [0.05, 0.1) is 15.9 Å². The van der Waals surface area contributed by atoms with E-state index in [2.05, 4.69) is 38.9 Å². The number of hydrogen-bond acceptors (Lipinski definition) is 3. The van der Waals surface area contributed by atoms with E-state index in [0.717, 1.165) is 30.4 Å². The van der Waals surface area contributed by atoms with E-state index < -0.39 is 10.0 Å². The lowest BCUT2D eigenvalue weighted by atomic mass is 9.87. The monoisotopic (exact) mass is 463 g/mol.